The molecule has 2 rings (SSSR count). The number of carbonyl (C=O) groups is 1. The second-order valence-corrected chi connectivity index (χ2v) is 4.35. The minimum Gasteiger partial charge on any atom is -0.481 e. The molecule has 1 unspecified atom stereocenters. The number of methoxy groups -OCH3 is 1. The highest BCUT2D eigenvalue weighted by atomic mass is 16.5. The topological polar surface area (TPSA) is 72.5 Å². The van der Waals surface area contributed by atoms with Crippen LogP contribution >= 0.6 is 0 Å². The fraction of sp³-hybridized carbons (Fsp3) is 0.538. The Hall–Kier alpha value is -1.66. The highest BCUT2D eigenvalue weighted by Crippen LogP contribution is 2.13. The molecule has 104 valence electrons. The number of hydrogen-bond donors (Lipinski definition) is 2. The highest BCUT2D eigenvalue weighted by Gasteiger charge is 2.17. The minimum absolute atomic E-state index is 0.0281. The largest absolute Gasteiger partial charge is 0.481 e. The molecule has 0 aromatic carbocycles. The van der Waals surface area contributed by atoms with Gasteiger partial charge in [-0.3, -0.25) is 4.79 Å². The van der Waals surface area contributed by atoms with Crippen molar-refractivity contribution in [3.63, 3.8) is 0 Å². The molecule has 1 atom stereocenters. The third-order valence-corrected chi connectivity index (χ3v) is 2.94. The van der Waals surface area contributed by atoms with E-state index in [9.17, 15) is 4.79 Å². The SMILES string of the molecule is COc1ncccc1CNC(=O)CC1CNCCO1. The maximum Gasteiger partial charge on any atom is 0.222 e. The first-order valence-corrected chi connectivity index (χ1v) is 6.36. The fourth-order valence-electron chi connectivity index (χ4n) is 1.97. The van der Waals surface area contributed by atoms with Crippen LogP contribution < -0.4 is 15.4 Å². The Morgan fingerprint density at radius 1 is 1.68 bits per heavy atom. The van der Waals surface area contributed by atoms with E-state index in [-0.39, 0.29) is 12.0 Å². The molecule has 1 saturated heterocycles. The molecular weight excluding hydrogens is 246 g/mol. The number of morpholine rings is 1. The molecule has 2 N–H and O–H groups in total. The van der Waals surface area contributed by atoms with Crippen LogP contribution in [0.1, 0.15) is 12.0 Å². The number of pyridine rings is 1. The van der Waals surface area contributed by atoms with E-state index < -0.39 is 0 Å². The van der Waals surface area contributed by atoms with Gasteiger partial charge in [0, 0.05) is 31.4 Å². The van der Waals surface area contributed by atoms with Crippen LogP contribution in [-0.4, -0.2) is 43.8 Å². The third kappa shape index (κ3) is 4.18. The summed E-state index contributed by atoms with van der Waals surface area (Å²) in [5, 5.41) is 6.05. The summed E-state index contributed by atoms with van der Waals surface area (Å²) in [6.45, 7) is 2.65. The van der Waals surface area contributed by atoms with Crippen molar-refractivity contribution in [3.8, 4) is 5.88 Å². The third-order valence-electron chi connectivity index (χ3n) is 2.94. The summed E-state index contributed by atoms with van der Waals surface area (Å²) >= 11 is 0. The first-order chi connectivity index (χ1) is 9.29. The molecule has 6 nitrogen and oxygen atoms in total. The zero-order valence-electron chi connectivity index (χ0n) is 11.0. The van der Waals surface area contributed by atoms with Gasteiger partial charge in [0.05, 0.1) is 26.2 Å². The average Bonchev–Trinajstić information content (AvgIpc) is 2.46. The predicted octanol–water partition coefficient (Wildman–Crippen LogP) is 0.0849. The lowest BCUT2D eigenvalue weighted by atomic mass is 10.2. The van der Waals surface area contributed by atoms with E-state index in [1.807, 2.05) is 12.1 Å². The summed E-state index contributed by atoms with van der Waals surface area (Å²) in [5.74, 6) is 0.512. The minimum atomic E-state index is -0.0375. The Morgan fingerprint density at radius 2 is 2.58 bits per heavy atom. The number of ether oxygens (including phenoxy) is 2. The van der Waals surface area contributed by atoms with Crippen molar-refractivity contribution in [3.05, 3.63) is 23.9 Å². The van der Waals surface area contributed by atoms with Crippen LogP contribution in [-0.2, 0) is 16.1 Å². The second-order valence-electron chi connectivity index (χ2n) is 4.35. The number of rotatable bonds is 5. The monoisotopic (exact) mass is 265 g/mol. The number of hydrogen-bond acceptors (Lipinski definition) is 5. The van der Waals surface area contributed by atoms with Gasteiger partial charge in [-0.2, -0.15) is 0 Å². The van der Waals surface area contributed by atoms with E-state index in [2.05, 4.69) is 15.6 Å². The van der Waals surface area contributed by atoms with Crippen molar-refractivity contribution in [2.45, 2.75) is 19.1 Å². The maximum atomic E-state index is 11.8. The molecule has 1 aromatic heterocycles. The lowest BCUT2D eigenvalue weighted by molar-refractivity contribution is -0.124. The highest BCUT2D eigenvalue weighted by molar-refractivity contribution is 5.76. The van der Waals surface area contributed by atoms with Gasteiger partial charge in [0.2, 0.25) is 11.8 Å². The van der Waals surface area contributed by atoms with Crippen molar-refractivity contribution in [1.29, 1.82) is 0 Å². The molecule has 1 aromatic rings. The molecule has 1 aliphatic heterocycles. The van der Waals surface area contributed by atoms with Crippen molar-refractivity contribution >= 4 is 5.91 Å². The molecule has 0 bridgehead atoms. The summed E-state index contributed by atoms with van der Waals surface area (Å²) in [4.78, 5) is 15.9. The average molecular weight is 265 g/mol. The van der Waals surface area contributed by atoms with Crippen LogP contribution in [0, 0.1) is 0 Å². The standard InChI is InChI=1S/C13H19N3O3/c1-18-13-10(3-2-4-15-13)8-16-12(17)7-11-9-14-5-6-19-11/h2-4,11,14H,5-9H2,1H3,(H,16,17). The Bertz CT molecular complexity index is 419. The molecule has 0 radical (unpaired) electrons. The molecule has 0 saturated carbocycles. The first-order valence-electron chi connectivity index (χ1n) is 6.36. The van der Waals surface area contributed by atoms with E-state index in [4.69, 9.17) is 9.47 Å². The summed E-state index contributed by atoms with van der Waals surface area (Å²) in [7, 11) is 1.56. The van der Waals surface area contributed by atoms with Crippen LogP contribution in [0.3, 0.4) is 0 Å². The molecular formula is C13H19N3O3. The molecule has 2 heterocycles. The first kappa shape index (κ1) is 13.8. The Morgan fingerprint density at radius 3 is 3.32 bits per heavy atom. The van der Waals surface area contributed by atoms with Crippen LogP contribution in [0.2, 0.25) is 0 Å². The maximum absolute atomic E-state index is 11.8. The fourth-order valence-corrected chi connectivity index (χ4v) is 1.97. The van der Waals surface area contributed by atoms with Crippen LogP contribution in [0.4, 0.5) is 0 Å². The molecule has 1 amide bonds. The van der Waals surface area contributed by atoms with Gasteiger partial charge in [-0.05, 0) is 6.07 Å². The zero-order valence-corrected chi connectivity index (χ0v) is 11.0. The summed E-state index contributed by atoms with van der Waals surface area (Å²) < 4.78 is 10.6. The molecule has 19 heavy (non-hydrogen) atoms. The normalized spacial score (nSPS) is 18.9. The van der Waals surface area contributed by atoms with Crippen molar-refractivity contribution in [1.82, 2.24) is 15.6 Å². The number of nitrogens with one attached hydrogen (secondary N) is 2. The number of nitrogens with zero attached hydrogens (tertiary/aromatic N) is 1. The Kier molecular flexibility index (Phi) is 5.11. The lowest BCUT2D eigenvalue weighted by Crippen LogP contribution is -2.41. The van der Waals surface area contributed by atoms with Crippen LogP contribution in [0.5, 0.6) is 5.88 Å². The van der Waals surface area contributed by atoms with Gasteiger partial charge >= 0.3 is 0 Å². The number of carbonyl (C=O) groups excluding carboxylic acids is 1. The van der Waals surface area contributed by atoms with E-state index in [1.165, 1.54) is 0 Å². The number of amides is 1. The summed E-state index contributed by atoms with van der Waals surface area (Å²) in [6.07, 6.45) is 1.99. The van der Waals surface area contributed by atoms with Crippen molar-refractivity contribution < 1.29 is 14.3 Å². The van der Waals surface area contributed by atoms with E-state index in [0.717, 1.165) is 18.7 Å². The Balaban J connectivity index is 1.79. The van der Waals surface area contributed by atoms with Crippen molar-refractivity contribution in [2.75, 3.05) is 26.8 Å². The zero-order chi connectivity index (χ0) is 13.5. The van der Waals surface area contributed by atoms with Crippen LogP contribution in [0.25, 0.3) is 0 Å². The Labute approximate surface area is 112 Å². The van der Waals surface area contributed by atoms with Crippen molar-refractivity contribution in [2.24, 2.45) is 0 Å². The van der Waals surface area contributed by atoms with Gasteiger partial charge in [-0.15, -0.1) is 0 Å². The number of aromatic nitrogens is 1. The molecule has 1 aliphatic rings. The molecule has 6 heteroatoms. The smallest absolute Gasteiger partial charge is 0.222 e. The van der Waals surface area contributed by atoms with Gasteiger partial charge in [-0.25, -0.2) is 4.98 Å². The van der Waals surface area contributed by atoms with Gasteiger partial charge in [0.25, 0.3) is 0 Å². The van der Waals surface area contributed by atoms with Gasteiger partial charge in [-0.1, -0.05) is 6.07 Å². The lowest BCUT2D eigenvalue weighted by Gasteiger charge is -2.23. The molecule has 0 spiro atoms. The summed E-state index contributed by atoms with van der Waals surface area (Å²) in [6, 6.07) is 3.70. The quantitative estimate of drug-likeness (QED) is 0.789. The summed E-state index contributed by atoms with van der Waals surface area (Å²) in [5.41, 5.74) is 0.862. The molecule has 0 aliphatic carbocycles. The van der Waals surface area contributed by atoms with Crippen LogP contribution in [0.15, 0.2) is 18.3 Å². The van der Waals surface area contributed by atoms with E-state index in [0.29, 0.717) is 25.5 Å². The predicted molar refractivity (Wildman–Crippen MR) is 69.9 cm³/mol. The van der Waals surface area contributed by atoms with Gasteiger partial charge in [0.1, 0.15) is 0 Å². The van der Waals surface area contributed by atoms with E-state index in [1.54, 1.807) is 13.3 Å². The molecule has 1 fully saturated rings. The van der Waals surface area contributed by atoms with E-state index >= 15 is 0 Å². The second kappa shape index (κ2) is 7.06. The van der Waals surface area contributed by atoms with Gasteiger partial charge in [0.15, 0.2) is 0 Å². The van der Waals surface area contributed by atoms with Gasteiger partial charge < -0.3 is 20.1 Å².